The Morgan fingerprint density at radius 2 is 1.31 bits per heavy atom. The Bertz CT molecular complexity index is 1060. The quantitative estimate of drug-likeness (QED) is 0.684. The number of hydrogen-bond donors (Lipinski definition) is 1. The van der Waals surface area contributed by atoms with Gasteiger partial charge in [-0.2, -0.15) is 4.31 Å². The van der Waals surface area contributed by atoms with Gasteiger partial charge in [0.25, 0.3) is 0 Å². The normalized spacial score (nSPS) is 12.5. The fraction of sp³-hybridized carbons (Fsp3) is 0.429. The van der Waals surface area contributed by atoms with E-state index in [0.717, 1.165) is 22.3 Å². The van der Waals surface area contributed by atoms with Crippen molar-refractivity contribution in [1.82, 2.24) is 9.03 Å². The number of benzene rings is 2. The summed E-state index contributed by atoms with van der Waals surface area (Å²) in [5.41, 5.74) is 4.02. The first-order chi connectivity index (χ1) is 13.5. The Morgan fingerprint density at radius 3 is 1.76 bits per heavy atom. The van der Waals surface area contributed by atoms with Crippen LogP contribution in [0.3, 0.4) is 0 Å². The van der Waals surface area contributed by atoms with E-state index in [1.165, 1.54) is 16.4 Å². The molecular weight excluding hydrogens is 408 g/mol. The molecule has 1 N–H and O–H groups in total. The van der Waals surface area contributed by atoms with Crippen LogP contribution < -0.4 is 4.72 Å². The molecule has 0 aliphatic rings. The second-order valence-electron chi connectivity index (χ2n) is 7.15. The van der Waals surface area contributed by atoms with E-state index in [0.29, 0.717) is 23.5 Å². The molecule has 0 bridgehead atoms. The molecule has 0 aliphatic carbocycles. The van der Waals surface area contributed by atoms with E-state index in [1.807, 2.05) is 33.8 Å². The second kappa shape index (κ2) is 8.95. The van der Waals surface area contributed by atoms with Crippen LogP contribution in [0.4, 0.5) is 0 Å². The highest BCUT2D eigenvalue weighted by Gasteiger charge is 2.23. The maximum Gasteiger partial charge on any atom is 0.243 e. The zero-order valence-corrected chi connectivity index (χ0v) is 19.5. The number of rotatable bonds is 8. The summed E-state index contributed by atoms with van der Waals surface area (Å²) in [4.78, 5) is 0.518. The number of nitrogens with one attached hydrogen (secondary N) is 1. The Morgan fingerprint density at radius 1 is 0.828 bits per heavy atom. The minimum absolute atomic E-state index is 0.0831. The maximum atomic E-state index is 12.9. The molecule has 2 aromatic carbocycles. The van der Waals surface area contributed by atoms with Gasteiger partial charge in [0.15, 0.2) is 0 Å². The van der Waals surface area contributed by atoms with Crippen molar-refractivity contribution in [2.45, 2.75) is 57.9 Å². The lowest BCUT2D eigenvalue weighted by Crippen LogP contribution is -2.30. The molecule has 0 spiro atoms. The Labute approximate surface area is 175 Å². The standard InChI is InChI=1S/C21H30N2O4S2/c1-7-23(8-2)29(26,27)20-11-9-19(10-12-20)14-22-28(24,25)21-17(5)15(3)13-16(4)18(21)6/h9-13,22H,7-8,14H2,1-6H3. The van der Waals surface area contributed by atoms with Crippen LogP contribution in [-0.2, 0) is 26.6 Å². The van der Waals surface area contributed by atoms with Gasteiger partial charge in [0.05, 0.1) is 9.79 Å². The first-order valence-electron chi connectivity index (χ1n) is 9.61. The first kappa shape index (κ1) is 23.5. The molecule has 0 radical (unpaired) electrons. The van der Waals surface area contributed by atoms with E-state index in [2.05, 4.69) is 4.72 Å². The van der Waals surface area contributed by atoms with Gasteiger partial charge in [-0.05, 0) is 67.6 Å². The van der Waals surface area contributed by atoms with E-state index < -0.39 is 20.0 Å². The van der Waals surface area contributed by atoms with Crippen LogP contribution in [0.2, 0.25) is 0 Å². The highest BCUT2D eigenvalue weighted by molar-refractivity contribution is 7.89. The summed E-state index contributed by atoms with van der Waals surface area (Å²) >= 11 is 0. The number of nitrogens with zero attached hydrogens (tertiary/aromatic N) is 1. The molecule has 0 heterocycles. The molecule has 0 atom stereocenters. The maximum absolute atomic E-state index is 12.9. The molecule has 29 heavy (non-hydrogen) atoms. The summed E-state index contributed by atoms with van der Waals surface area (Å²) in [6, 6.07) is 8.30. The predicted octanol–water partition coefficient (Wildman–Crippen LogP) is 3.43. The molecule has 0 amide bonds. The second-order valence-corrected chi connectivity index (χ2v) is 10.8. The van der Waals surface area contributed by atoms with Crippen LogP contribution in [0.25, 0.3) is 0 Å². The zero-order chi connectivity index (χ0) is 22.0. The van der Waals surface area contributed by atoms with Gasteiger partial charge >= 0.3 is 0 Å². The van der Waals surface area contributed by atoms with Gasteiger partial charge < -0.3 is 0 Å². The highest BCUT2D eigenvalue weighted by atomic mass is 32.2. The van der Waals surface area contributed by atoms with Crippen LogP contribution in [-0.4, -0.2) is 34.2 Å². The fourth-order valence-corrected chi connectivity index (χ4v) is 6.41. The smallest absolute Gasteiger partial charge is 0.207 e. The largest absolute Gasteiger partial charge is 0.243 e. The molecule has 2 aromatic rings. The number of aryl methyl sites for hydroxylation is 2. The van der Waals surface area contributed by atoms with E-state index in [-0.39, 0.29) is 11.4 Å². The highest BCUT2D eigenvalue weighted by Crippen LogP contribution is 2.26. The van der Waals surface area contributed by atoms with Crippen LogP contribution >= 0.6 is 0 Å². The molecular formula is C21H30N2O4S2. The van der Waals surface area contributed by atoms with Gasteiger partial charge in [0.1, 0.15) is 0 Å². The van der Waals surface area contributed by atoms with Crippen molar-refractivity contribution in [2.75, 3.05) is 13.1 Å². The summed E-state index contributed by atoms with van der Waals surface area (Å²) < 4.78 is 55.0. The predicted molar refractivity (Wildman–Crippen MR) is 116 cm³/mol. The Kier molecular flexibility index (Phi) is 7.27. The molecule has 0 fully saturated rings. The SMILES string of the molecule is CCN(CC)S(=O)(=O)c1ccc(CNS(=O)(=O)c2c(C)c(C)cc(C)c2C)cc1. The molecule has 0 aliphatic heterocycles. The average molecular weight is 439 g/mol. The van der Waals surface area contributed by atoms with Crippen molar-refractivity contribution in [3.63, 3.8) is 0 Å². The summed E-state index contributed by atoms with van der Waals surface area (Å²) in [6.45, 7) is 11.9. The number of hydrogen-bond acceptors (Lipinski definition) is 4. The third kappa shape index (κ3) is 4.88. The fourth-order valence-electron chi connectivity index (χ4n) is 3.33. The molecule has 160 valence electrons. The van der Waals surface area contributed by atoms with E-state index >= 15 is 0 Å². The first-order valence-corrected chi connectivity index (χ1v) is 12.5. The lowest BCUT2D eigenvalue weighted by molar-refractivity contribution is 0.445. The lowest BCUT2D eigenvalue weighted by atomic mass is 10.0. The molecule has 2 rings (SSSR count). The van der Waals surface area contributed by atoms with Gasteiger partial charge in [0, 0.05) is 19.6 Å². The van der Waals surface area contributed by atoms with Gasteiger partial charge in [-0.3, -0.25) is 0 Å². The Balaban J connectivity index is 2.25. The monoisotopic (exact) mass is 438 g/mol. The van der Waals surface area contributed by atoms with Crippen molar-refractivity contribution < 1.29 is 16.8 Å². The Hall–Kier alpha value is -1.74. The molecule has 0 unspecified atom stereocenters. The topological polar surface area (TPSA) is 83.6 Å². The summed E-state index contributed by atoms with van der Waals surface area (Å²) in [5.74, 6) is 0. The molecule has 0 saturated carbocycles. The molecule has 0 saturated heterocycles. The van der Waals surface area contributed by atoms with Crippen molar-refractivity contribution in [2.24, 2.45) is 0 Å². The van der Waals surface area contributed by atoms with Crippen molar-refractivity contribution in [1.29, 1.82) is 0 Å². The van der Waals surface area contributed by atoms with Crippen LogP contribution in [0.1, 0.15) is 41.7 Å². The minimum Gasteiger partial charge on any atom is -0.207 e. The summed E-state index contributed by atoms with van der Waals surface area (Å²) in [5, 5.41) is 0. The summed E-state index contributed by atoms with van der Waals surface area (Å²) in [7, 11) is -7.23. The third-order valence-corrected chi connectivity index (χ3v) is 9.04. The van der Waals surface area contributed by atoms with Crippen LogP contribution in [0, 0.1) is 27.7 Å². The average Bonchev–Trinajstić information content (AvgIpc) is 2.66. The van der Waals surface area contributed by atoms with Crippen molar-refractivity contribution in [3.05, 3.63) is 58.1 Å². The molecule has 6 nitrogen and oxygen atoms in total. The number of sulfonamides is 2. The van der Waals surface area contributed by atoms with Gasteiger partial charge in [-0.15, -0.1) is 0 Å². The van der Waals surface area contributed by atoms with Gasteiger partial charge in [0.2, 0.25) is 20.0 Å². The zero-order valence-electron chi connectivity index (χ0n) is 17.9. The van der Waals surface area contributed by atoms with Crippen LogP contribution in [0.5, 0.6) is 0 Å². The van der Waals surface area contributed by atoms with Crippen molar-refractivity contribution in [3.8, 4) is 0 Å². The summed E-state index contributed by atoms with van der Waals surface area (Å²) in [6.07, 6.45) is 0. The van der Waals surface area contributed by atoms with Gasteiger partial charge in [-0.1, -0.05) is 32.0 Å². The van der Waals surface area contributed by atoms with Gasteiger partial charge in [-0.25, -0.2) is 21.6 Å². The lowest BCUT2D eigenvalue weighted by Gasteiger charge is -2.18. The van der Waals surface area contributed by atoms with E-state index in [1.54, 1.807) is 26.0 Å². The molecule has 8 heteroatoms. The van der Waals surface area contributed by atoms with E-state index in [4.69, 9.17) is 0 Å². The molecule has 0 aromatic heterocycles. The van der Waals surface area contributed by atoms with E-state index in [9.17, 15) is 16.8 Å². The minimum atomic E-state index is -3.70. The van der Waals surface area contributed by atoms with Crippen molar-refractivity contribution >= 4 is 20.0 Å². The third-order valence-electron chi connectivity index (χ3n) is 5.30. The van der Waals surface area contributed by atoms with Crippen LogP contribution in [0.15, 0.2) is 40.1 Å².